The summed E-state index contributed by atoms with van der Waals surface area (Å²) in [5, 5.41) is 3.71. The molecule has 4 heteroatoms. The highest BCUT2D eigenvalue weighted by Gasteiger charge is 2.05. The fourth-order valence-electron chi connectivity index (χ4n) is 1.27. The molecular weight excluding hydrogens is 178 g/mol. The van der Waals surface area contributed by atoms with Gasteiger partial charge >= 0.3 is 0 Å². The molecule has 0 heterocycles. The Balaban J connectivity index is 2.88. The molecule has 74 valence electrons. The Kier molecular flexibility index (Phi) is 3.83. The van der Waals surface area contributed by atoms with Gasteiger partial charge in [-0.3, -0.25) is 0 Å². The summed E-state index contributed by atoms with van der Waals surface area (Å²) in [5.41, 5.74) is 9.38. The van der Waals surface area contributed by atoms with Crippen molar-refractivity contribution in [3.05, 3.63) is 40.3 Å². The molecule has 0 aromatic heterocycles. The molecule has 0 saturated carbocycles. The molecule has 1 aromatic carbocycles. The van der Waals surface area contributed by atoms with Crippen LogP contribution in [0.1, 0.15) is 24.9 Å². The zero-order valence-electron chi connectivity index (χ0n) is 8.34. The molecular formula is C10H13N3O. The van der Waals surface area contributed by atoms with Gasteiger partial charge in [0.1, 0.15) is 5.75 Å². The smallest absolute Gasteiger partial charge is 0.118 e. The van der Waals surface area contributed by atoms with Crippen molar-refractivity contribution in [3.8, 4) is 5.75 Å². The van der Waals surface area contributed by atoms with Gasteiger partial charge in [-0.05, 0) is 29.6 Å². The van der Waals surface area contributed by atoms with Crippen LogP contribution in [0.3, 0.4) is 0 Å². The van der Waals surface area contributed by atoms with Gasteiger partial charge in [-0.1, -0.05) is 24.2 Å². The van der Waals surface area contributed by atoms with Crippen LogP contribution in [0.5, 0.6) is 5.75 Å². The Labute approximate surface area is 83.1 Å². The van der Waals surface area contributed by atoms with E-state index in [0.29, 0.717) is 0 Å². The minimum atomic E-state index is -0.0779. The van der Waals surface area contributed by atoms with Gasteiger partial charge in [-0.2, -0.15) is 0 Å². The summed E-state index contributed by atoms with van der Waals surface area (Å²) >= 11 is 0. The second-order valence-corrected chi connectivity index (χ2v) is 2.90. The van der Waals surface area contributed by atoms with Gasteiger partial charge in [-0.25, -0.2) is 0 Å². The summed E-state index contributed by atoms with van der Waals surface area (Å²) in [6.07, 6.45) is 0.802. The van der Waals surface area contributed by atoms with Crippen LogP contribution in [-0.4, -0.2) is 7.11 Å². The minimum absolute atomic E-state index is 0.0779. The molecule has 1 rings (SSSR count). The summed E-state index contributed by atoms with van der Waals surface area (Å²) in [5.74, 6) is 0.810. The highest BCUT2D eigenvalue weighted by atomic mass is 16.5. The highest BCUT2D eigenvalue weighted by molar-refractivity contribution is 5.29. The first-order valence-corrected chi connectivity index (χ1v) is 4.50. The number of nitrogens with zero attached hydrogens (tertiary/aromatic N) is 3. The fourth-order valence-corrected chi connectivity index (χ4v) is 1.27. The molecule has 0 radical (unpaired) electrons. The van der Waals surface area contributed by atoms with Crippen LogP contribution in [0, 0.1) is 0 Å². The first kappa shape index (κ1) is 10.4. The topological polar surface area (TPSA) is 58.0 Å². The van der Waals surface area contributed by atoms with Crippen molar-refractivity contribution in [2.45, 2.75) is 19.4 Å². The highest BCUT2D eigenvalue weighted by Crippen LogP contribution is 2.23. The van der Waals surface area contributed by atoms with Gasteiger partial charge in [0.05, 0.1) is 13.2 Å². The second kappa shape index (κ2) is 5.14. The Hall–Kier alpha value is -1.67. The molecule has 0 saturated heterocycles. The molecule has 0 fully saturated rings. The number of methoxy groups -OCH3 is 1. The minimum Gasteiger partial charge on any atom is -0.497 e. The Morgan fingerprint density at radius 2 is 2.07 bits per heavy atom. The van der Waals surface area contributed by atoms with E-state index in [-0.39, 0.29) is 6.04 Å². The van der Waals surface area contributed by atoms with Crippen molar-refractivity contribution >= 4 is 0 Å². The van der Waals surface area contributed by atoms with Crippen LogP contribution in [0.15, 0.2) is 29.4 Å². The third kappa shape index (κ3) is 2.41. The monoisotopic (exact) mass is 191 g/mol. The second-order valence-electron chi connectivity index (χ2n) is 2.90. The lowest BCUT2D eigenvalue weighted by Crippen LogP contribution is -1.92. The van der Waals surface area contributed by atoms with Crippen LogP contribution >= 0.6 is 0 Å². The standard InChI is InChI=1S/C10H13N3O/c1-3-10(12-13-11)8-4-6-9(14-2)7-5-8/h4-7,10H,3H2,1-2H3/t10-/m1/s1. The first-order chi connectivity index (χ1) is 6.81. The number of hydrogen-bond acceptors (Lipinski definition) is 2. The van der Waals surface area contributed by atoms with Crippen molar-refractivity contribution in [2.24, 2.45) is 5.11 Å². The largest absolute Gasteiger partial charge is 0.497 e. The Bertz CT molecular complexity index is 328. The number of hydrogen-bond donors (Lipinski definition) is 0. The van der Waals surface area contributed by atoms with Crippen molar-refractivity contribution in [2.75, 3.05) is 7.11 Å². The fraction of sp³-hybridized carbons (Fsp3) is 0.400. The van der Waals surface area contributed by atoms with E-state index >= 15 is 0 Å². The quantitative estimate of drug-likeness (QED) is 0.408. The number of azide groups is 1. The molecule has 4 nitrogen and oxygen atoms in total. The van der Waals surface area contributed by atoms with Gasteiger partial charge in [0, 0.05) is 4.91 Å². The van der Waals surface area contributed by atoms with Gasteiger partial charge in [0.25, 0.3) is 0 Å². The third-order valence-electron chi connectivity index (χ3n) is 2.08. The SMILES string of the molecule is CC[C@@H](N=[N+]=[N-])c1ccc(OC)cc1. The Morgan fingerprint density at radius 1 is 1.43 bits per heavy atom. The van der Waals surface area contributed by atoms with Gasteiger partial charge in [0.15, 0.2) is 0 Å². The van der Waals surface area contributed by atoms with Crippen LogP contribution in [-0.2, 0) is 0 Å². The average Bonchev–Trinajstić information content (AvgIpc) is 2.26. The Morgan fingerprint density at radius 3 is 2.50 bits per heavy atom. The maximum Gasteiger partial charge on any atom is 0.118 e. The molecule has 1 atom stereocenters. The van der Waals surface area contributed by atoms with Gasteiger partial charge in [-0.15, -0.1) is 0 Å². The molecule has 0 N–H and O–H groups in total. The van der Waals surface area contributed by atoms with Crippen LogP contribution in [0.4, 0.5) is 0 Å². The van der Waals surface area contributed by atoms with E-state index in [2.05, 4.69) is 10.0 Å². The summed E-state index contributed by atoms with van der Waals surface area (Å²) in [7, 11) is 1.62. The van der Waals surface area contributed by atoms with Crippen LogP contribution < -0.4 is 4.74 Å². The average molecular weight is 191 g/mol. The van der Waals surface area contributed by atoms with E-state index < -0.39 is 0 Å². The zero-order chi connectivity index (χ0) is 10.4. The van der Waals surface area contributed by atoms with Gasteiger partial charge < -0.3 is 4.74 Å². The third-order valence-corrected chi connectivity index (χ3v) is 2.08. The van der Waals surface area contributed by atoms with Crippen molar-refractivity contribution < 1.29 is 4.74 Å². The van der Waals surface area contributed by atoms with Crippen molar-refractivity contribution in [3.63, 3.8) is 0 Å². The number of benzene rings is 1. The molecule has 0 amide bonds. The van der Waals surface area contributed by atoms with E-state index in [9.17, 15) is 0 Å². The summed E-state index contributed by atoms with van der Waals surface area (Å²) < 4.78 is 5.04. The first-order valence-electron chi connectivity index (χ1n) is 4.50. The maximum absolute atomic E-state index is 8.36. The van der Waals surface area contributed by atoms with E-state index in [1.54, 1.807) is 7.11 Å². The molecule has 0 aliphatic heterocycles. The lowest BCUT2D eigenvalue weighted by molar-refractivity contribution is 0.414. The summed E-state index contributed by atoms with van der Waals surface area (Å²) in [6, 6.07) is 7.49. The number of ether oxygens (including phenoxy) is 1. The number of rotatable bonds is 4. The van der Waals surface area contributed by atoms with E-state index in [1.165, 1.54) is 0 Å². The molecule has 0 bridgehead atoms. The predicted molar refractivity (Wildman–Crippen MR) is 55.2 cm³/mol. The maximum atomic E-state index is 8.36. The summed E-state index contributed by atoms with van der Waals surface area (Å²) in [4.78, 5) is 2.82. The lowest BCUT2D eigenvalue weighted by atomic mass is 10.1. The molecule has 14 heavy (non-hydrogen) atoms. The van der Waals surface area contributed by atoms with Crippen molar-refractivity contribution in [1.29, 1.82) is 0 Å². The molecule has 0 spiro atoms. The molecule has 0 unspecified atom stereocenters. The predicted octanol–water partition coefficient (Wildman–Crippen LogP) is 3.46. The van der Waals surface area contributed by atoms with Crippen LogP contribution in [0.25, 0.3) is 10.4 Å². The van der Waals surface area contributed by atoms with E-state index in [1.807, 2.05) is 31.2 Å². The molecule has 0 aliphatic carbocycles. The molecule has 0 aliphatic rings. The lowest BCUT2D eigenvalue weighted by Gasteiger charge is -2.08. The van der Waals surface area contributed by atoms with E-state index in [0.717, 1.165) is 17.7 Å². The normalized spacial score (nSPS) is 11.6. The summed E-state index contributed by atoms with van der Waals surface area (Å²) in [6.45, 7) is 1.99. The van der Waals surface area contributed by atoms with Crippen molar-refractivity contribution in [1.82, 2.24) is 0 Å². The van der Waals surface area contributed by atoms with Gasteiger partial charge in [0.2, 0.25) is 0 Å². The molecule has 1 aromatic rings. The van der Waals surface area contributed by atoms with E-state index in [4.69, 9.17) is 10.3 Å². The van der Waals surface area contributed by atoms with Crippen LogP contribution in [0.2, 0.25) is 0 Å². The zero-order valence-corrected chi connectivity index (χ0v) is 8.34.